The van der Waals surface area contributed by atoms with Crippen LogP contribution in [-0.4, -0.2) is 9.38 Å². The van der Waals surface area contributed by atoms with Crippen molar-refractivity contribution < 1.29 is 4.74 Å². The fourth-order valence-electron chi connectivity index (χ4n) is 3.23. The summed E-state index contributed by atoms with van der Waals surface area (Å²) in [7, 11) is 0. The Morgan fingerprint density at radius 2 is 1.83 bits per heavy atom. The van der Waals surface area contributed by atoms with Gasteiger partial charge in [-0.15, -0.1) is 0 Å². The summed E-state index contributed by atoms with van der Waals surface area (Å²) in [6, 6.07) is 21.5. The molecule has 0 fully saturated rings. The van der Waals surface area contributed by atoms with E-state index in [0.717, 1.165) is 36.9 Å². The van der Waals surface area contributed by atoms with Crippen LogP contribution in [0.25, 0.3) is 22.1 Å². The Hall–Kier alpha value is -2.48. The van der Waals surface area contributed by atoms with E-state index < -0.39 is 0 Å². The van der Waals surface area contributed by atoms with E-state index in [1.54, 1.807) is 4.40 Å². The molecule has 5 rings (SSSR count). The molecule has 0 N–H and O–H groups in total. The van der Waals surface area contributed by atoms with Gasteiger partial charge in [0.15, 0.2) is 4.96 Å². The topological polar surface area (TPSA) is 43.6 Å². The van der Waals surface area contributed by atoms with Gasteiger partial charge in [-0.05, 0) is 69.5 Å². The maximum atomic E-state index is 12.9. The highest BCUT2D eigenvalue weighted by atomic mass is 79.9. The summed E-state index contributed by atoms with van der Waals surface area (Å²) in [5, 5.41) is 0. The molecule has 0 atom stereocenters. The average molecular weight is 542 g/mol. The number of para-hydroxylation sites is 2. The van der Waals surface area contributed by atoms with Crippen molar-refractivity contribution in [3.05, 3.63) is 102 Å². The van der Waals surface area contributed by atoms with Gasteiger partial charge in [-0.25, -0.2) is 9.38 Å². The number of aromatic nitrogens is 2. The third kappa shape index (κ3) is 3.69. The molecule has 0 aliphatic carbocycles. The van der Waals surface area contributed by atoms with Crippen LogP contribution in [0.3, 0.4) is 0 Å². The lowest BCUT2D eigenvalue weighted by molar-refractivity contribution is 0.304. The van der Waals surface area contributed by atoms with E-state index in [1.807, 2.05) is 72.8 Å². The van der Waals surface area contributed by atoms with E-state index >= 15 is 0 Å². The summed E-state index contributed by atoms with van der Waals surface area (Å²) in [5.41, 5.74) is 3.64. The average Bonchev–Trinajstić information content (AvgIpc) is 3.25. The largest absolute Gasteiger partial charge is 0.488 e. The number of nitrogens with zero attached hydrogens (tertiary/aromatic N) is 2. The molecule has 0 bridgehead atoms. The van der Waals surface area contributed by atoms with E-state index in [4.69, 9.17) is 4.74 Å². The highest BCUT2D eigenvalue weighted by Crippen LogP contribution is 2.27. The predicted octanol–water partition coefficient (Wildman–Crippen LogP) is 5.56. The third-order valence-electron chi connectivity index (χ3n) is 4.71. The van der Waals surface area contributed by atoms with Gasteiger partial charge in [0.25, 0.3) is 5.56 Å². The normalized spacial score (nSPS) is 12.1. The second-order valence-corrected chi connectivity index (χ2v) is 9.52. The van der Waals surface area contributed by atoms with Gasteiger partial charge in [-0.2, -0.15) is 0 Å². The first-order valence-corrected chi connectivity index (χ1v) is 11.6. The van der Waals surface area contributed by atoms with Gasteiger partial charge in [0.1, 0.15) is 12.4 Å². The lowest BCUT2D eigenvalue weighted by Crippen LogP contribution is -2.22. The van der Waals surface area contributed by atoms with E-state index in [1.165, 1.54) is 11.3 Å². The lowest BCUT2D eigenvalue weighted by atomic mass is 10.2. The van der Waals surface area contributed by atoms with Crippen LogP contribution in [0.2, 0.25) is 0 Å². The summed E-state index contributed by atoms with van der Waals surface area (Å²) >= 11 is 8.41. The molecule has 7 heteroatoms. The van der Waals surface area contributed by atoms with E-state index in [0.29, 0.717) is 16.1 Å². The molecule has 0 spiro atoms. The Bertz CT molecular complexity index is 1490. The second-order valence-electron chi connectivity index (χ2n) is 6.74. The zero-order valence-electron chi connectivity index (χ0n) is 15.5. The molecule has 5 aromatic rings. The Balaban J connectivity index is 1.44. The number of hydrogen-bond donors (Lipinski definition) is 0. The molecule has 0 saturated heterocycles. The zero-order valence-corrected chi connectivity index (χ0v) is 19.5. The van der Waals surface area contributed by atoms with Gasteiger partial charge in [-0.1, -0.05) is 57.6 Å². The van der Waals surface area contributed by atoms with Crippen molar-refractivity contribution in [2.45, 2.75) is 6.61 Å². The first kappa shape index (κ1) is 19.5. The summed E-state index contributed by atoms with van der Waals surface area (Å²) < 4.78 is 10.1. The van der Waals surface area contributed by atoms with Gasteiger partial charge in [0.2, 0.25) is 0 Å². The number of thiazole rings is 1. The van der Waals surface area contributed by atoms with E-state index in [9.17, 15) is 4.79 Å². The van der Waals surface area contributed by atoms with Crippen molar-refractivity contribution >= 4 is 65.3 Å². The Morgan fingerprint density at radius 3 is 2.63 bits per heavy atom. The number of rotatable bonds is 4. The minimum Gasteiger partial charge on any atom is -0.488 e. The van der Waals surface area contributed by atoms with Crippen LogP contribution in [-0.2, 0) is 6.61 Å². The minimum atomic E-state index is -0.0459. The van der Waals surface area contributed by atoms with Gasteiger partial charge >= 0.3 is 0 Å². The molecule has 0 unspecified atom stereocenters. The van der Waals surface area contributed by atoms with Crippen molar-refractivity contribution in [2.24, 2.45) is 0 Å². The molecule has 2 heterocycles. The monoisotopic (exact) mass is 540 g/mol. The van der Waals surface area contributed by atoms with Crippen LogP contribution >= 0.6 is 43.2 Å². The molecule has 30 heavy (non-hydrogen) atoms. The molecular formula is C23H14Br2N2O2S. The summed E-state index contributed by atoms with van der Waals surface area (Å²) in [6.07, 6.45) is 1.89. The Labute approximate surface area is 192 Å². The molecule has 0 aliphatic rings. The fraction of sp³-hybridized carbons (Fsp3) is 0.0435. The van der Waals surface area contributed by atoms with Crippen LogP contribution in [0.15, 0.2) is 80.5 Å². The SMILES string of the molecule is O=c1c(=Cc2ccc(OCc3ccc(Br)cc3)c(Br)c2)sc2nc3ccccc3n12. The van der Waals surface area contributed by atoms with Crippen LogP contribution in [0.1, 0.15) is 11.1 Å². The number of ether oxygens (including phenoxy) is 1. The van der Waals surface area contributed by atoms with Crippen molar-refractivity contribution in [1.82, 2.24) is 9.38 Å². The smallest absolute Gasteiger partial charge is 0.274 e. The Kier molecular flexibility index (Phi) is 5.18. The highest BCUT2D eigenvalue weighted by Gasteiger charge is 2.11. The summed E-state index contributed by atoms with van der Waals surface area (Å²) in [6.45, 7) is 0.481. The molecule has 0 aliphatic heterocycles. The number of hydrogen-bond acceptors (Lipinski definition) is 4. The first-order valence-electron chi connectivity index (χ1n) is 9.17. The second kappa shape index (κ2) is 7.98. The van der Waals surface area contributed by atoms with Crippen molar-refractivity contribution in [2.75, 3.05) is 0 Å². The summed E-state index contributed by atoms with van der Waals surface area (Å²) in [5.74, 6) is 0.754. The molecule has 3 aromatic carbocycles. The maximum Gasteiger partial charge on any atom is 0.274 e. The fourth-order valence-corrected chi connectivity index (χ4v) is 4.99. The third-order valence-corrected chi connectivity index (χ3v) is 6.82. The van der Waals surface area contributed by atoms with Crippen LogP contribution < -0.4 is 14.8 Å². The van der Waals surface area contributed by atoms with Crippen LogP contribution in [0.4, 0.5) is 0 Å². The van der Waals surface area contributed by atoms with Gasteiger partial charge in [-0.3, -0.25) is 4.79 Å². The van der Waals surface area contributed by atoms with Crippen molar-refractivity contribution in [3.63, 3.8) is 0 Å². The van der Waals surface area contributed by atoms with Crippen molar-refractivity contribution in [3.8, 4) is 5.75 Å². The van der Waals surface area contributed by atoms with E-state index in [2.05, 4.69) is 36.8 Å². The first-order chi connectivity index (χ1) is 14.6. The molecule has 2 aromatic heterocycles. The minimum absolute atomic E-state index is 0.0459. The predicted molar refractivity (Wildman–Crippen MR) is 128 cm³/mol. The number of halogens is 2. The molecule has 0 amide bonds. The number of benzene rings is 3. The van der Waals surface area contributed by atoms with Gasteiger partial charge in [0.05, 0.1) is 20.0 Å². The lowest BCUT2D eigenvalue weighted by Gasteiger charge is -2.09. The quantitative estimate of drug-likeness (QED) is 0.299. The van der Waals surface area contributed by atoms with E-state index in [-0.39, 0.29) is 5.56 Å². The van der Waals surface area contributed by atoms with Crippen molar-refractivity contribution in [1.29, 1.82) is 0 Å². The highest BCUT2D eigenvalue weighted by molar-refractivity contribution is 9.10. The molecule has 0 radical (unpaired) electrons. The molecule has 0 saturated carbocycles. The van der Waals surface area contributed by atoms with Crippen LogP contribution in [0.5, 0.6) is 5.75 Å². The van der Waals surface area contributed by atoms with Gasteiger partial charge < -0.3 is 4.74 Å². The molecule has 148 valence electrons. The number of fused-ring (bicyclic) bond motifs is 3. The molecule has 4 nitrogen and oxygen atoms in total. The van der Waals surface area contributed by atoms with Gasteiger partial charge in [0, 0.05) is 4.47 Å². The van der Waals surface area contributed by atoms with Crippen LogP contribution in [0, 0.1) is 0 Å². The zero-order chi connectivity index (χ0) is 20.7. The number of imidazole rings is 1. The standard InChI is InChI=1S/C23H14Br2N2O2S/c24-16-8-5-14(6-9-16)13-29-20-10-7-15(11-17(20)25)12-21-22(28)27-19-4-2-1-3-18(19)26-23(27)30-21/h1-12H,13H2. The maximum absolute atomic E-state index is 12.9. The summed E-state index contributed by atoms with van der Waals surface area (Å²) in [4.78, 5) is 18.2. The Morgan fingerprint density at radius 1 is 1.03 bits per heavy atom. The molecular weight excluding hydrogens is 528 g/mol.